The van der Waals surface area contributed by atoms with Crippen molar-refractivity contribution < 1.29 is 8.42 Å². The normalized spacial score (nSPS) is 29.2. The highest BCUT2D eigenvalue weighted by Gasteiger charge is 2.42. The van der Waals surface area contributed by atoms with Gasteiger partial charge in [0.25, 0.3) is 10.0 Å². The Morgan fingerprint density at radius 1 is 1.30 bits per heavy atom. The van der Waals surface area contributed by atoms with Crippen molar-refractivity contribution in [2.75, 3.05) is 32.4 Å². The van der Waals surface area contributed by atoms with E-state index in [0.717, 1.165) is 13.1 Å². The molecule has 0 aromatic carbocycles. The minimum absolute atomic E-state index is 0.377. The molecular weight excluding hydrogens is 312 g/mol. The maximum Gasteiger partial charge on any atom is 0.252 e. The van der Waals surface area contributed by atoms with Gasteiger partial charge in [0, 0.05) is 24.4 Å². The first-order chi connectivity index (χ1) is 9.63. The van der Waals surface area contributed by atoms with Crippen molar-refractivity contribution in [3.63, 3.8) is 0 Å². The highest BCUT2D eigenvalue weighted by atomic mass is 32.2. The summed E-state index contributed by atoms with van der Waals surface area (Å²) in [5, 5.41) is 2.22. The van der Waals surface area contributed by atoms with E-state index in [4.69, 9.17) is 0 Å². The summed E-state index contributed by atoms with van der Waals surface area (Å²) < 4.78 is 27.4. The monoisotopic (exact) mass is 332 g/mol. The van der Waals surface area contributed by atoms with Crippen molar-refractivity contribution in [1.29, 1.82) is 0 Å². The molecule has 1 aromatic heterocycles. The summed E-state index contributed by atoms with van der Waals surface area (Å²) in [6, 6.07) is 3.89. The quantitative estimate of drug-likeness (QED) is 0.845. The molecular formula is C13H20N2O2S3. The molecule has 0 N–H and O–H groups in total. The standard InChI is InChI=1S/C13H20N2O2S3/c1-18-12-10-15(9-11(12)14-6-2-3-7-14)20(16,17)13-5-4-8-19-13/h4-5,8,11-12H,2-3,6-7,9-10H2,1H3/t11-,12+/m1/s1. The van der Waals surface area contributed by atoms with Gasteiger partial charge in [0.15, 0.2) is 0 Å². The third-order valence-corrected chi connectivity index (χ3v) is 8.48. The molecule has 20 heavy (non-hydrogen) atoms. The molecule has 2 aliphatic rings. The summed E-state index contributed by atoms with van der Waals surface area (Å²) in [6.45, 7) is 3.53. The van der Waals surface area contributed by atoms with Crippen molar-refractivity contribution >= 4 is 33.1 Å². The molecule has 0 bridgehead atoms. The Hall–Kier alpha value is -0.0800. The second-order valence-corrected chi connectivity index (χ2v) is 9.53. The number of nitrogens with zero attached hydrogens (tertiary/aromatic N) is 2. The van der Waals surface area contributed by atoms with Gasteiger partial charge in [0.05, 0.1) is 0 Å². The molecule has 0 amide bonds. The van der Waals surface area contributed by atoms with Crippen LogP contribution in [0.25, 0.3) is 0 Å². The number of rotatable bonds is 4. The lowest BCUT2D eigenvalue weighted by Gasteiger charge is -2.27. The van der Waals surface area contributed by atoms with E-state index in [-0.39, 0.29) is 0 Å². The zero-order chi connectivity index (χ0) is 14.2. The van der Waals surface area contributed by atoms with Crippen molar-refractivity contribution in [1.82, 2.24) is 9.21 Å². The van der Waals surface area contributed by atoms with Gasteiger partial charge in [0.2, 0.25) is 0 Å². The van der Waals surface area contributed by atoms with Crippen LogP contribution < -0.4 is 0 Å². The van der Waals surface area contributed by atoms with Crippen LogP contribution in [-0.2, 0) is 10.0 Å². The third-order valence-electron chi connectivity index (χ3n) is 4.21. The Balaban J connectivity index is 1.79. The fourth-order valence-electron chi connectivity index (χ4n) is 3.11. The minimum atomic E-state index is -3.29. The molecule has 0 radical (unpaired) electrons. The Kier molecular flexibility index (Phi) is 4.42. The average molecular weight is 333 g/mol. The van der Waals surface area contributed by atoms with Crippen molar-refractivity contribution in [3.05, 3.63) is 17.5 Å². The van der Waals surface area contributed by atoms with E-state index in [1.165, 1.54) is 24.2 Å². The molecule has 2 aliphatic heterocycles. The van der Waals surface area contributed by atoms with Crippen molar-refractivity contribution in [2.45, 2.75) is 28.3 Å². The third kappa shape index (κ3) is 2.66. The molecule has 0 saturated carbocycles. The molecule has 4 nitrogen and oxygen atoms in total. The number of hydrogen-bond donors (Lipinski definition) is 0. The molecule has 2 fully saturated rings. The average Bonchev–Trinajstić information content (AvgIpc) is 3.18. The second-order valence-electron chi connectivity index (χ2n) is 5.34. The van der Waals surface area contributed by atoms with Crippen LogP contribution in [0.15, 0.2) is 21.7 Å². The Labute approximate surface area is 129 Å². The van der Waals surface area contributed by atoms with Crippen LogP contribution >= 0.6 is 23.1 Å². The first-order valence-corrected chi connectivity index (χ1v) is 10.5. The number of likely N-dealkylation sites (tertiary alicyclic amines) is 1. The molecule has 2 atom stereocenters. The van der Waals surface area contributed by atoms with E-state index in [1.54, 1.807) is 28.2 Å². The van der Waals surface area contributed by atoms with E-state index < -0.39 is 10.0 Å². The molecule has 3 rings (SSSR count). The minimum Gasteiger partial charge on any atom is -0.298 e. The topological polar surface area (TPSA) is 40.6 Å². The van der Waals surface area contributed by atoms with E-state index in [0.29, 0.717) is 28.6 Å². The van der Waals surface area contributed by atoms with E-state index >= 15 is 0 Å². The van der Waals surface area contributed by atoms with Crippen LogP contribution in [0, 0.1) is 0 Å². The summed E-state index contributed by atoms with van der Waals surface area (Å²) >= 11 is 3.11. The second kappa shape index (κ2) is 5.96. The largest absolute Gasteiger partial charge is 0.298 e. The summed E-state index contributed by atoms with van der Waals surface area (Å²) in [4.78, 5) is 2.48. The first-order valence-electron chi connectivity index (χ1n) is 6.93. The zero-order valence-electron chi connectivity index (χ0n) is 11.6. The van der Waals surface area contributed by atoms with Gasteiger partial charge >= 0.3 is 0 Å². The van der Waals surface area contributed by atoms with Crippen LogP contribution in [0.3, 0.4) is 0 Å². The van der Waals surface area contributed by atoms with Crippen LogP contribution in [0.1, 0.15) is 12.8 Å². The lowest BCUT2D eigenvalue weighted by molar-refractivity contribution is 0.254. The zero-order valence-corrected chi connectivity index (χ0v) is 14.0. The first kappa shape index (κ1) is 14.8. The highest BCUT2D eigenvalue weighted by Crippen LogP contribution is 2.32. The number of thioether (sulfide) groups is 1. The van der Waals surface area contributed by atoms with Crippen LogP contribution in [0.5, 0.6) is 0 Å². The van der Waals surface area contributed by atoms with E-state index in [2.05, 4.69) is 11.2 Å². The molecule has 0 unspecified atom stereocenters. The molecule has 1 aromatic rings. The molecule has 3 heterocycles. The van der Waals surface area contributed by atoms with Gasteiger partial charge in [-0.25, -0.2) is 8.42 Å². The molecule has 112 valence electrons. The summed E-state index contributed by atoms with van der Waals surface area (Å²) in [5.41, 5.74) is 0. The van der Waals surface area contributed by atoms with Gasteiger partial charge in [-0.15, -0.1) is 11.3 Å². The number of thiophene rings is 1. The summed E-state index contributed by atoms with van der Waals surface area (Å²) in [6.07, 6.45) is 4.58. The van der Waals surface area contributed by atoms with Gasteiger partial charge in [0.1, 0.15) is 4.21 Å². The van der Waals surface area contributed by atoms with E-state index in [9.17, 15) is 8.42 Å². The maximum absolute atomic E-state index is 12.6. The smallest absolute Gasteiger partial charge is 0.252 e. The summed E-state index contributed by atoms with van der Waals surface area (Å²) in [7, 11) is -3.29. The van der Waals surface area contributed by atoms with Gasteiger partial charge < -0.3 is 0 Å². The molecule has 7 heteroatoms. The molecule has 0 spiro atoms. The predicted octanol–water partition coefficient (Wildman–Crippen LogP) is 1.95. The van der Waals surface area contributed by atoms with Crippen molar-refractivity contribution in [3.8, 4) is 0 Å². The van der Waals surface area contributed by atoms with Crippen molar-refractivity contribution in [2.24, 2.45) is 0 Å². The highest BCUT2D eigenvalue weighted by molar-refractivity contribution is 7.99. The predicted molar refractivity (Wildman–Crippen MR) is 85.0 cm³/mol. The Bertz CT molecular complexity index is 538. The number of hydrogen-bond acceptors (Lipinski definition) is 5. The fourth-order valence-corrected chi connectivity index (χ4v) is 6.74. The van der Waals surface area contributed by atoms with Crippen LogP contribution in [0.4, 0.5) is 0 Å². The maximum atomic E-state index is 12.6. The lowest BCUT2D eigenvalue weighted by Crippen LogP contribution is -2.40. The van der Waals surface area contributed by atoms with Gasteiger partial charge in [-0.1, -0.05) is 6.07 Å². The molecule has 2 saturated heterocycles. The summed E-state index contributed by atoms with van der Waals surface area (Å²) in [5.74, 6) is 0. The Morgan fingerprint density at radius 2 is 2.05 bits per heavy atom. The van der Waals surface area contributed by atoms with Crippen LogP contribution in [0.2, 0.25) is 0 Å². The van der Waals surface area contributed by atoms with E-state index in [1.807, 2.05) is 5.38 Å². The lowest BCUT2D eigenvalue weighted by atomic mass is 10.2. The fraction of sp³-hybridized carbons (Fsp3) is 0.692. The Morgan fingerprint density at radius 3 is 2.65 bits per heavy atom. The van der Waals surface area contributed by atoms with Gasteiger partial charge in [-0.2, -0.15) is 16.1 Å². The van der Waals surface area contributed by atoms with Crippen LogP contribution in [-0.4, -0.2) is 61.3 Å². The number of sulfonamides is 1. The SMILES string of the molecule is CS[C@H]1CN(S(=O)(=O)c2cccs2)C[C@H]1N1CCCC1. The van der Waals surface area contributed by atoms with Gasteiger partial charge in [-0.05, 0) is 43.6 Å². The van der Waals surface area contributed by atoms with Gasteiger partial charge in [-0.3, -0.25) is 4.90 Å². The molecule has 0 aliphatic carbocycles.